The third-order valence-corrected chi connectivity index (χ3v) is 3.23. The van der Waals surface area contributed by atoms with E-state index >= 15 is 0 Å². The van der Waals surface area contributed by atoms with Crippen molar-refractivity contribution in [2.24, 2.45) is 0 Å². The SMILES string of the molecule is CNCCCCCCc1ccc(OC)cc1Cl. The molecule has 96 valence electrons. The molecular formula is C14H22ClNO. The lowest BCUT2D eigenvalue weighted by molar-refractivity contribution is 0.414. The van der Waals surface area contributed by atoms with E-state index in [0.29, 0.717) is 0 Å². The van der Waals surface area contributed by atoms with Crippen LogP contribution in [0.4, 0.5) is 0 Å². The summed E-state index contributed by atoms with van der Waals surface area (Å²) in [5.41, 5.74) is 1.22. The monoisotopic (exact) mass is 255 g/mol. The first kappa shape index (κ1) is 14.3. The van der Waals surface area contributed by atoms with Crippen LogP contribution in [0.25, 0.3) is 0 Å². The predicted octanol–water partition coefficient (Wildman–Crippen LogP) is 3.67. The number of unbranched alkanes of at least 4 members (excludes halogenated alkanes) is 3. The van der Waals surface area contributed by atoms with Crippen molar-refractivity contribution in [1.82, 2.24) is 5.32 Å². The fourth-order valence-electron chi connectivity index (χ4n) is 1.83. The molecule has 1 rings (SSSR count). The molecule has 1 aromatic carbocycles. The second-order valence-corrected chi connectivity index (χ2v) is 4.63. The van der Waals surface area contributed by atoms with Gasteiger partial charge in [-0.1, -0.05) is 30.5 Å². The molecule has 1 N–H and O–H groups in total. The predicted molar refractivity (Wildman–Crippen MR) is 74.1 cm³/mol. The van der Waals surface area contributed by atoms with Crippen LogP contribution < -0.4 is 10.1 Å². The maximum Gasteiger partial charge on any atom is 0.120 e. The lowest BCUT2D eigenvalue weighted by atomic mass is 10.1. The van der Waals surface area contributed by atoms with Gasteiger partial charge in [0.05, 0.1) is 7.11 Å². The molecule has 0 saturated carbocycles. The van der Waals surface area contributed by atoms with Gasteiger partial charge >= 0.3 is 0 Å². The van der Waals surface area contributed by atoms with Gasteiger partial charge in [-0.2, -0.15) is 0 Å². The van der Waals surface area contributed by atoms with Gasteiger partial charge in [-0.15, -0.1) is 0 Å². The molecule has 0 aliphatic heterocycles. The Morgan fingerprint density at radius 3 is 2.59 bits per heavy atom. The fraction of sp³-hybridized carbons (Fsp3) is 0.571. The maximum absolute atomic E-state index is 6.18. The average Bonchev–Trinajstić information content (AvgIpc) is 2.35. The molecule has 17 heavy (non-hydrogen) atoms. The first-order valence-corrected chi connectivity index (χ1v) is 6.62. The molecule has 0 aliphatic carbocycles. The maximum atomic E-state index is 6.18. The Balaban J connectivity index is 2.27. The van der Waals surface area contributed by atoms with Gasteiger partial charge in [-0.3, -0.25) is 0 Å². The van der Waals surface area contributed by atoms with Gasteiger partial charge in [0, 0.05) is 5.02 Å². The van der Waals surface area contributed by atoms with Crippen molar-refractivity contribution >= 4 is 11.6 Å². The van der Waals surface area contributed by atoms with Crippen LogP contribution in [0.15, 0.2) is 18.2 Å². The smallest absolute Gasteiger partial charge is 0.120 e. The van der Waals surface area contributed by atoms with Crippen LogP contribution in [0.3, 0.4) is 0 Å². The number of aryl methyl sites for hydroxylation is 1. The van der Waals surface area contributed by atoms with Crippen LogP contribution >= 0.6 is 11.6 Å². The normalized spacial score (nSPS) is 10.5. The first-order chi connectivity index (χ1) is 8.27. The van der Waals surface area contributed by atoms with Gasteiger partial charge in [0.25, 0.3) is 0 Å². The van der Waals surface area contributed by atoms with E-state index in [4.69, 9.17) is 16.3 Å². The molecule has 0 radical (unpaired) electrons. The summed E-state index contributed by atoms with van der Waals surface area (Å²) >= 11 is 6.18. The van der Waals surface area contributed by atoms with E-state index < -0.39 is 0 Å². The van der Waals surface area contributed by atoms with Crippen molar-refractivity contribution in [1.29, 1.82) is 0 Å². The Morgan fingerprint density at radius 1 is 1.18 bits per heavy atom. The van der Waals surface area contributed by atoms with Crippen LogP contribution in [0.2, 0.25) is 5.02 Å². The van der Waals surface area contributed by atoms with Crippen LogP contribution in [0.1, 0.15) is 31.2 Å². The summed E-state index contributed by atoms with van der Waals surface area (Å²) in [7, 11) is 3.66. The van der Waals surface area contributed by atoms with Crippen LogP contribution in [-0.2, 0) is 6.42 Å². The highest BCUT2D eigenvalue weighted by atomic mass is 35.5. The highest BCUT2D eigenvalue weighted by Crippen LogP contribution is 2.23. The Kier molecular flexibility index (Phi) is 7.06. The molecule has 2 nitrogen and oxygen atoms in total. The van der Waals surface area contributed by atoms with Crippen LogP contribution in [0.5, 0.6) is 5.75 Å². The van der Waals surface area contributed by atoms with E-state index in [1.165, 1.54) is 31.2 Å². The molecule has 0 aromatic heterocycles. The summed E-state index contributed by atoms with van der Waals surface area (Å²) in [6, 6.07) is 5.93. The second-order valence-electron chi connectivity index (χ2n) is 4.23. The fourth-order valence-corrected chi connectivity index (χ4v) is 2.09. The number of rotatable bonds is 8. The topological polar surface area (TPSA) is 21.3 Å². The molecule has 0 unspecified atom stereocenters. The molecule has 0 amide bonds. The zero-order chi connectivity index (χ0) is 12.5. The first-order valence-electron chi connectivity index (χ1n) is 6.25. The highest BCUT2D eigenvalue weighted by molar-refractivity contribution is 6.31. The largest absolute Gasteiger partial charge is 0.497 e. The Bertz CT molecular complexity index is 328. The number of ether oxygens (including phenoxy) is 1. The standard InChI is InChI=1S/C14H22ClNO/c1-16-10-6-4-3-5-7-12-8-9-13(17-2)11-14(12)15/h8-9,11,16H,3-7,10H2,1-2H3. The number of hydrogen-bond donors (Lipinski definition) is 1. The van der Waals surface area contributed by atoms with Gasteiger partial charge in [0.15, 0.2) is 0 Å². The minimum Gasteiger partial charge on any atom is -0.497 e. The number of methoxy groups -OCH3 is 1. The quantitative estimate of drug-likeness (QED) is 0.716. The number of hydrogen-bond acceptors (Lipinski definition) is 2. The average molecular weight is 256 g/mol. The van der Waals surface area contributed by atoms with Crippen molar-refractivity contribution < 1.29 is 4.74 Å². The lowest BCUT2D eigenvalue weighted by Gasteiger charge is -2.06. The van der Waals surface area contributed by atoms with Gasteiger partial charge in [0.1, 0.15) is 5.75 Å². The molecule has 3 heteroatoms. The van der Waals surface area contributed by atoms with Crippen molar-refractivity contribution in [3.05, 3.63) is 28.8 Å². The Morgan fingerprint density at radius 2 is 1.94 bits per heavy atom. The Hall–Kier alpha value is -0.730. The third kappa shape index (κ3) is 5.42. The molecule has 0 heterocycles. The zero-order valence-electron chi connectivity index (χ0n) is 10.8. The summed E-state index contributed by atoms with van der Waals surface area (Å²) in [6.07, 6.45) is 6.07. The molecule has 1 aromatic rings. The van der Waals surface area contributed by atoms with Gasteiger partial charge in [-0.05, 0) is 50.6 Å². The van der Waals surface area contributed by atoms with Gasteiger partial charge in [0.2, 0.25) is 0 Å². The second kappa shape index (κ2) is 8.37. The van der Waals surface area contributed by atoms with Crippen LogP contribution in [0, 0.1) is 0 Å². The molecule has 0 aliphatic rings. The zero-order valence-corrected chi connectivity index (χ0v) is 11.5. The van der Waals surface area contributed by atoms with Gasteiger partial charge < -0.3 is 10.1 Å². The number of halogens is 1. The summed E-state index contributed by atoms with van der Waals surface area (Å²) in [4.78, 5) is 0. The van der Waals surface area contributed by atoms with Gasteiger partial charge in [-0.25, -0.2) is 0 Å². The minimum absolute atomic E-state index is 0.819. The van der Waals surface area contributed by atoms with E-state index in [1.54, 1.807) is 7.11 Å². The number of nitrogens with one attached hydrogen (secondary N) is 1. The van der Waals surface area contributed by atoms with E-state index in [0.717, 1.165) is 23.7 Å². The molecule has 0 atom stereocenters. The molecule has 0 fully saturated rings. The summed E-state index contributed by atoms with van der Waals surface area (Å²) < 4.78 is 5.13. The summed E-state index contributed by atoms with van der Waals surface area (Å²) in [5, 5.41) is 3.98. The van der Waals surface area contributed by atoms with E-state index in [2.05, 4.69) is 11.4 Å². The lowest BCUT2D eigenvalue weighted by Crippen LogP contribution is -2.06. The minimum atomic E-state index is 0.819. The van der Waals surface area contributed by atoms with E-state index in [1.807, 2.05) is 19.2 Å². The van der Waals surface area contributed by atoms with Crippen LogP contribution in [-0.4, -0.2) is 20.7 Å². The Labute approximate surface area is 109 Å². The van der Waals surface area contributed by atoms with E-state index in [-0.39, 0.29) is 0 Å². The molecule has 0 spiro atoms. The third-order valence-electron chi connectivity index (χ3n) is 2.88. The number of benzene rings is 1. The molecular weight excluding hydrogens is 234 g/mol. The van der Waals surface area contributed by atoms with Crippen molar-refractivity contribution in [3.63, 3.8) is 0 Å². The van der Waals surface area contributed by atoms with Crippen molar-refractivity contribution in [2.75, 3.05) is 20.7 Å². The summed E-state index contributed by atoms with van der Waals surface area (Å²) in [5.74, 6) is 0.827. The van der Waals surface area contributed by atoms with Crippen molar-refractivity contribution in [2.45, 2.75) is 32.1 Å². The van der Waals surface area contributed by atoms with Crippen molar-refractivity contribution in [3.8, 4) is 5.75 Å². The molecule has 0 saturated heterocycles. The highest BCUT2D eigenvalue weighted by Gasteiger charge is 2.02. The van der Waals surface area contributed by atoms with E-state index in [9.17, 15) is 0 Å². The molecule has 0 bridgehead atoms. The summed E-state index contributed by atoms with van der Waals surface area (Å²) in [6.45, 7) is 1.11.